The standard InChI is InChI=1S/C12H23NO2/c1-9-4-5-10(15-9)11(14)12(8-13)6-2-3-7-12/h9-11,14H,2-8,13H2,1H3. The van der Waals surface area contributed by atoms with Gasteiger partial charge in [-0.3, -0.25) is 0 Å². The van der Waals surface area contributed by atoms with Crippen molar-refractivity contribution in [3.8, 4) is 0 Å². The van der Waals surface area contributed by atoms with Crippen LogP contribution in [-0.4, -0.2) is 30.0 Å². The van der Waals surface area contributed by atoms with Crippen LogP contribution in [0.4, 0.5) is 0 Å². The molecule has 3 unspecified atom stereocenters. The average Bonchev–Trinajstić information content (AvgIpc) is 2.86. The zero-order valence-corrected chi connectivity index (χ0v) is 9.61. The third-order valence-corrected chi connectivity index (χ3v) is 4.25. The van der Waals surface area contributed by atoms with E-state index in [-0.39, 0.29) is 17.6 Å². The molecule has 2 aliphatic rings. The molecule has 1 saturated heterocycles. The topological polar surface area (TPSA) is 55.5 Å². The summed E-state index contributed by atoms with van der Waals surface area (Å²) in [4.78, 5) is 0. The molecule has 1 aliphatic carbocycles. The van der Waals surface area contributed by atoms with Gasteiger partial charge in [-0.2, -0.15) is 0 Å². The van der Waals surface area contributed by atoms with E-state index in [0.29, 0.717) is 12.6 Å². The van der Waals surface area contributed by atoms with Gasteiger partial charge >= 0.3 is 0 Å². The van der Waals surface area contributed by atoms with E-state index in [2.05, 4.69) is 6.92 Å². The lowest BCUT2D eigenvalue weighted by Crippen LogP contribution is -2.46. The van der Waals surface area contributed by atoms with Gasteiger partial charge in [-0.15, -0.1) is 0 Å². The minimum atomic E-state index is -0.352. The lowest BCUT2D eigenvalue weighted by Gasteiger charge is -2.36. The minimum Gasteiger partial charge on any atom is -0.390 e. The van der Waals surface area contributed by atoms with Crippen molar-refractivity contribution in [1.82, 2.24) is 0 Å². The molecule has 3 heteroatoms. The fourth-order valence-corrected chi connectivity index (χ4v) is 3.16. The summed E-state index contributed by atoms with van der Waals surface area (Å²) in [5, 5.41) is 10.4. The summed E-state index contributed by atoms with van der Waals surface area (Å²) in [5.41, 5.74) is 5.81. The first-order valence-corrected chi connectivity index (χ1v) is 6.21. The highest BCUT2D eigenvalue weighted by molar-refractivity contribution is 4.96. The summed E-state index contributed by atoms with van der Waals surface area (Å²) in [6.45, 7) is 2.68. The maximum absolute atomic E-state index is 10.4. The van der Waals surface area contributed by atoms with Crippen LogP contribution >= 0.6 is 0 Å². The summed E-state index contributed by atoms with van der Waals surface area (Å²) < 4.78 is 5.76. The zero-order valence-electron chi connectivity index (χ0n) is 9.61. The zero-order chi connectivity index (χ0) is 10.9. The van der Waals surface area contributed by atoms with Gasteiger partial charge in [0.15, 0.2) is 0 Å². The Morgan fingerprint density at radius 3 is 2.53 bits per heavy atom. The van der Waals surface area contributed by atoms with Crippen molar-refractivity contribution < 1.29 is 9.84 Å². The molecule has 0 bridgehead atoms. The van der Waals surface area contributed by atoms with E-state index in [4.69, 9.17) is 10.5 Å². The molecular weight excluding hydrogens is 190 g/mol. The third-order valence-electron chi connectivity index (χ3n) is 4.25. The number of aliphatic hydroxyl groups is 1. The van der Waals surface area contributed by atoms with E-state index in [9.17, 15) is 5.11 Å². The van der Waals surface area contributed by atoms with E-state index < -0.39 is 0 Å². The van der Waals surface area contributed by atoms with Gasteiger partial charge in [0.2, 0.25) is 0 Å². The molecule has 1 aliphatic heterocycles. The first-order chi connectivity index (χ1) is 7.18. The molecule has 0 amide bonds. The van der Waals surface area contributed by atoms with E-state index >= 15 is 0 Å². The molecule has 0 aromatic carbocycles. The van der Waals surface area contributed by atoms with Gasteiger partial charge < -0.3 is 15.6 Å². The quantitative estimate of drug-likeness (QED) is 0.745. The van der Waals surface area contributed by atoms with Crippen molar-refractivity contribution in [2.24, 2.45) is 11.1 Å². The first kappa shape index (κ1) is 11.4. The largest absolute Gasteiger partial charge is 0.390 e. The molecular formula is C12H23NO2. The van der Waals surface area contributed by atoms with Crippen molar-refractivity contribution in [2.75, 3.05) is 6.54 Å². The van der Waals surface area contributed by atoms with E-state index in [0.717, 1.165) is 25.7 Å². The summed E-state index contributed by atoms with van der Waals surface area (Å²) >= 11 is 0. The third kappa shape index (κ3) is 2.05. The molecule has 3 atom stereocenters. The van der Waals surface area contributed by atoms with Gasteiger partial charge in [-0.05, 0) is 32.6 Å². The van der Waals surface area contributed by atoms with Crippen LogP contribution in [0.1, 0.15) is 45.4 Å². The summed E-state index contributed by atoms with van der Waals surface area (Å²) in [7, 11) is 0. The van der Waals surface area contributed by atoms with Crippen molar-refractivity contribution in [3.05, 3.63) is 0 Å². The number of rotatable bonds is 3. The molecule has 1 saturated carbocycles. The summed E-state index contributed by atoms with van der Waals surface area (Å²) in [6, 6.07) is 0. The fraction of sp³-hybridized carbons (Fsp3) is 1.00. The van der Waals surface area contributed by atoms with Gasteiger partial charge in [-0.25, -0.2) is 0 Å². The molecule has 3 nitrogen and oxygen atoms in total. The molecule has 0 aromatic rings. The number of nitrogens with two attached hydrogens (primary N) is 1. The second-order valence-electron chi connectivity index (χ2n) is 5.28. The Bertz CT molecular complexity index is 214. The van der Waals surface area contributed by atoms with Gasteiger partial charge in [0.25, 0.3) is 0 Å². The van der Waals surface area contributed by atoms with Crippen LogP contribution in [0, 0.1) is 5.41 Å². The smallest absolute Gasteiger partial charge is 0.0870 e. The Labute approximate surface area is 92.0 Å². The lowest BCUT2D eigenvalue weighted by molar-refractivity contribution is -0.0849. The number of hydrogen-bond acceptors (Lipinski definition) is 3. The number of aliphatic hydroxyl groups excluding tert-OH is 1. The van der Waals surface area contributed by atoms with Gasteiger partial charge in [0.1, 0.15) is 0 Å². The Morgan fingerprint density at radius 2 is 2.07 bits per heavy atom. The van der Waals surface area contributed by atoms with Crippen molar-refractivity contribution in [2.45, 2.75) is 63.8 Å². The SMILES string of the molecule is CC1CCC(C(O)C2(CN)CCCC2)O1. The van der Waals surface area contributed by atoms with Crippen molar-refractivity contribution >= 4 is 0 Å². The fourth-order valence-electron chi connectivity index (χ4n) is 3.16. The normalized spacial score (nSPS) is 37.0. The van der Waals surface area contributed by atoms with Gasteiger partial charge in [-0.1, -0.05) is 12.8 Å². The predicted molar refractivity (Wildman–Crippen MR) is 59.5 cm³/mol. The molecule has 2 fully saturated rings. The van der Waals surface area contributed by atoms with Crippen LogP contribution in [0.15, 0.2) is 0 Å². The molecule has 88 valence electrons. The Hall–Kier alpha value is -0.120. The maximum atomic E-state index is 10.4. The second kappa shape index (κ2) is 4.40. The highest BCUT2D eigenvalue weighted by Crippen LogP contribution is 2.43. The van der Waals surface area contributed by atoms with Gasteiger partial charge in [0.05, 0.1) is 18.3 Å². The minimum absolute atomic E-state index is 0.0293. The molecule has 3 N–H and O–H groups in total. The van der Waals surface area contributed by atoms with Crippen LogP contribution in [0.25, 0.3) is 0 Å². The van der Waals surface area contributed by atoms with Crippen molar-refractivity contribution in [1.29, 1.82) is 0 Å². The highest BCUT2D eigenvalue weighted by Gasteiger charge is 2.45. The molecule has 0 aromatic heterocycles. The lowest BCUT2D eigenvalue weighted by atomic mass is 9.77. The number of ether oxygens (including phenoxy) is 1. The van der Waals surface area contributed by atoms with Crippen molar-refractivity contribution in [3.63, 3.8) is 0 Å². The maximum Gasteiger partial charge on any atom is 0.0870 e. The van der Waals surface area contributed by atoms with Crippen LogP contribution in [0.3, 0.4) is 0 Å². The predicted octanol–water partition coefficient (Wildman–Crippen LogP) is 1.43. The summed E-state index contributed by atoms with van der Waals surface area (Å²) in [5.74, 6) is 0. The van der Waals surface area contributed by atoms with Crippen LogP contribution in [0.2, 0.25) is 0 Å². The molecule has 1 heterocycles. The van der Waals surface area contributed by atoms with Crippen LogP contribution in [0.5, 0.6) is 0 Å². The van der Waals surface area contributed by atoms with Crippen LogP contribution < -0.4 is 5.73 Å². The second-order valence-corrected chi connectivity index (χ2v) is 5.28. The average molecular weight is 213 g/mol. The Kier molecular flexibility index (Phi) is 3.33. The Balaban J connectivity index is 2.01. The first-order valence-electron chi connectivity index (χ1n) is 6.21. The monoisotopic (exact) mass is 213 g/mol. The summed E-state index contributed by atoms with van der Waals surface area (Å²) in [6.07, 6.45) is 6.59. The number of hydrogen-bond donors (Lipinski definition) is 2. The van der Waals surface area contributed by atoms with E-state index in [1.165, 1.54) is 12.8 Å². The van der Waals surface area contributed by atoms with Crippen LogP contribution in [-0.2, 0) is 4.74 Å². The Morgan fingerprint density at radius 1 is 1.40 bits per heavy atom. The molecule has 0 spiro atoms. The van der Waals surface area contributed by atoms with Gasteiger partial charge in [0, 0.05) is 12.0 Å². The van der Waals surface area contributed by atoms with E-state index in [1.54, 1.807) is 0 Å². The highest BCUT2D eigenvalue weighted by atomic mass is 16.5. The van der Waals surface area contributed by atoms with E-state index in [1.807, 2.05) is 0 Å². The molecule has 15 heavy (non-hydrogen) atoms. The molecule has 0 radical (unpaired) electrons. The molecule has 2 rings (SSSR count).